The van der Waals surface area contributed by atoms with Crippen molar-refractivity contribution in [2.24, 2.45) is 7.05 Å². The fourth-order valence-corrected chi connectivity index (χ4v) is 4.56. The number of amides is 1. The summed E-state index contributed by atoms with van der Waals surface area (Å²) in [5.41, 5.74) is 5.05. The molecule has 1 aromatic carbocycles. The molecular weight excluding hydrogens is 414 g/mol. The first kappa shape index (κ1) is 21.3. The number of hydrogen-bond donors (Lipinski definition) is 2. The minimum atomic E-state index is -0.494. The van der Waals surface area contributed by atoms with E-state index in [2.05, 4.69) is 26.4 Å². The zero-order chi connectivity index (χ0) is 22.8. The molecule has 5 rings (SSSR count). The fraction of sp³-hybridized carbons (Fsp3) is 0.308. The highest BCUT2D eigenvalue weighted by atomic mass is 16.3. The Labute approximate surface area is 192 Å². The van der Waals surface area contributed by atoms with Crippen LogP contribution in [0.1, 0.15) is 47.3 Å². The van der Waals surface area contributed by atoms with Gasteiger partial charge in [-0.15, -0.1) is 0 Å². The van der Waals surface area contributed by atoms with E-state index in [1.807, 2.05) is 55.7 Å². The van der Waals surface area contributed by atoms with Crippen LogP contribution in [0, 0.1) is 0 Å². The minimum absolute atomic E-state index is 0.216. The third-order valence-corrected chi connectivity index (χ3v) is 6.38. The molecule has 2 unspecified atom stereocenters. The molecule has 0 bridgehead atoms. The number of benzene rings is 1. The smallest absolute Gasteiger partial charge is 0.270 e. The van der Waals surface area contributed by atoms with Gasteiger partial charge in [-0.1, -0.05) is 37.1 Å². The first-order valence-corrected chi connectivity index (χ1v) is 11.4. The largest absolute Gasteiger partial charge is 0.391 e. The van der Waals surface area contributed by atoms with Gasteiger partial charge in [0.1, 0.15) is 5.69 Å². The number of aryl methyl sites for hydroxylation is 1. The lowest BCUT2D eigenvalue weighted by atomic mass is 9.92. The van der Waals surface area contributed by atoms with Gasteiger partial charge in [0, 0.05) is 24.8 Å². The van der Waals surface area contributed by atoms with E-state index in [0.717, 1.165) is 59.1 Å². The van der Waals surface area contributed by atoms with Crippen molar-refractivity contribution < 1.29 is 9.90 Å². The summed E-state index contributed by atoms with van der Waals surface area (Å²) < 4.78 is 1.80. The Morgan fingerprint density at radius 3 is 2.76 bits per heavy atom. The molecule has 7 nitrogen and oxygen atoms in total. The number of para-hydroxylation sites is 1. The quantitative estimate of drug-likeness (QED) is 0.493. The number of pyridine rings is 2. The molecule has 7 heteroatoms. The van der Waals surface area contributed by atoms with Crippen molar-refractivity contribution >= 4 is 16.8 Å². The maximum atomic E-state index is 13.0. The summed E-state index contributed by atoms with van der Waals surface area (Å²) in [6.45, 7) is 0. The predicted octanol–water partition coefficient (Wildman–Crippen LogP) is 3.65. The van der Waals surface area contributed by atoms with Crippen molar-refractivity contribution in [3.8, 4) is 11.4 Å². The second-order valence-corrected chi connectivity index (χ2v) is 8.68. The van der Waals surface area contributed by atoms with E-state index in [4.69, 9.17) is 0 Å². The van der Waals surface area contributed by atoms with Crippen molar-refractivity contribution in [1.29, 1.82) is 0 Å². The SMILES string of the molecule is Cn1nccc1-c1ccc(Cc2cc(C(=O)NC3CCCCC3O)nc3ccccc23)cn1. The summed E-state index contributed by atoms with van der Waals surface area (Å²) in [5, 5.41) is 18.5. The van der Waals surface area contributed by atoms with Crippen LogP contribution in [0.2, 0.25) is 0 Å². The van der Waals surface area contributed by atoms with Crippen LogP contribution in [0.15, 0.2) is 60.9 Å². The Morgan fingerprint density at radius 1 is 1.15 bits per heavy atom. The summed E-state index contributed by atoms with van der Waals surface area (Å²) in [5.74, 6) is -0.238. The molecule has 2 atom stereocenters. The van der Waals surface area contributed by atoms with E-state index in [0.29, 0.717) is 12.1 Å². The van der Waals surface area contributed by atoms with Gasteiger partial charge in [0.2, 0.25) is 0 Å². The Balaban J connectivity index is 1.42. The molecule has 1 fully saturated rings. The third kappa shape index (κ3) is 4.50. The minimum Gasteiger partial charge on any atom is -0.391 e. The highest BCUT2D eigenvalue weighted by Gasteiger charge is 2.25. The normalized spacial score (nSPS) is 18.4. The van der Waals surface area contributed by atoms with Gasteiger partial charge < -0.3 is 10.4 Å². The topological polar surface area (TPSA) is 92.9 Å². The van der Waals surface area contributed by atoms with Crippen LogP contribution in [-0.2, 0) is 13.5 Å². The first-order chi connectivity index (χ1) is 16.1. The molecule has 0 saturated heterocycles. The van der Waals surface area contributed by atoms with Crippen molar-refractivity contribution in [3.63, 3.8) is 0 Å². The molecule has 0 radical (unpaired) electrons. The number of aromatic nitrogens is 4. The summed E-state index contributed by atoms with van der Waals surface area (Å²) >= 11 is 0. The average Bonchev–Trinajstić information content (AvgIpc) is 3.26. The zero-order valence-electron chi connectivity index (χ0n) is 18.6. The molecule has 3 heterocycles. The van der Waals surface area contributed by atoms with Crippen molar-refractivity contribution in [2.45, 2.75) is 44.2 Å². The van der Waals surface area contributed by atoms with Gasteiger partial charge in [0.25, 0.3) is 5.91 Å². The molecule has 2 N–H and O–H groups in total. The lowest BCUT2D eigenvalue weighted by Crippen LogP contribution is -2.45. The summed E-state index contributed by atoms with van der Waals surface area (Å²) in [6, 6.07) is 15.5. The van der Waals surface area contributed by atoms with Crippen molar-refractivity contribution in [1.82, 2.24) is 25.1 Å². The van der Waals surface area contributed by atoms with E-state index in [1.54, 1.807) is 10.9 Å². The summed E-state index contributed by atoms with van der Waals surface area (Å²) in [6.07, 6.45) is 7.30. The second-order valence-electron chi connectivity index (χ2n) is 8.68. The number of carbonyl (C=O) groups is 1. The number of rotatable bonds is 5. The van der Waals surface area contributed by atoms with Gasteiger partial charge in [-0.3, -0.25) is 14.5 Å². The molecule has 1 saturated carbocycles. The van der Waals surface area contributed by atoms with Crippen LogP contribution < -0.4 is 5.32 Å². The molecule has 1 aliphatic rings. The number of aliphatic hydroxyl groups is 1. The molecular formula is C26H27N5O2. The Bertz CT molecular complexity index is 1280. The van der Waals surface area contributed by atoms with Crippen molar-refractivity contribution in [2.75, 3.05) is 0 Å². The van der Waals surface area contributed by atoms with Crippen LogP contribution in [0.25, 0.3) is 22.3 Å². The summed E-state index contributed by atoms with van der Waals surface area (Å²) in [7, 11) is 1.90. The maximum Gasteiger partial charge on any atom is 0.270 e. The summed E-state index contributed by atoms with van der Waals surface area (Å²) in [4.78, 5) is 22.2. The van der Waals surface area contributed by atoms with E-state index < -0.39 is 6.10 Å². The number of nitrogens with one attached hydrogen (secondary N) is 1. The lowest BCUT2D eigenvalue weighted by molar-refractivity contribution is 0.0714. The van der Waals surface area contributed by atoms with Gasteiger partial charge in [-0.2, -0.15) is 5.10 Å². The van der Waals surface area contributed by atoms with Gasteiger partial charge in [0.05, 0.1) is 29.1 Å². The van der Waals surface area contributed by atoms with Crippen LogP contribution >= 0.6 is 0 Å². The molecule has 168 valence electrons. The van der Waals surface area contributed by atoms with Crippen LogP contribution in [0.5, 0.6) is 0 Å². The Morgan fingerprint density at radius 2 is 2.00 bits per heavy atom. The predicted molar refractivity (Wildman–Crippen MR) is 127 cm³/mol. The molecule has 4 aromatic rings. The monoisotopic (exact) mass is 441 g/mol. The Hall–Kier alpha value is -3.58. The molecule has 0 spiro atoms. The number of hydrogen-bond acceptors (Lipinski definition) is 5. The highest BCUT2D eigenvalue weighted by Crippen LogP contribution is 2.24. The molecule has 3 aromatic heterocycles. The Kier molecular flexibility index (Phi) is 5.88. The number of aliphatic hydroxyl groups excluding tert-OH is 1. The van der Waals surface area contributed by atoms with Crippen LogP contribution in [0.4, 0.5) is 0 Å². The van der Waals surface area contributed by atoms with E-state index >= 15 is 0 Å². The number of nitrogens with zero attached hydrogens (tertiary/aromatic N) is 4. The third-order valence-electron chi connectivity index (χ3n) is 6.38. The lowest BCUT2D eigenvalue weighted by Gasteiger charge is -2.28. The van der Waals surface area contributed by atoms with E-state index in [9.17, 15) is 9.90 Å². The first-order valence-electron chi connectivity index (χ1n) is 11.4. The van der Waals surface area contributed by atoms with Gasteiger partial charge in [0.15, 0.2) is 0 Å². The van der Waals surface area contributed by atoms with Gasteiger partial charge in [-0.05, 0) is 54.7 Å². The zero-order valence-corrected chi connectivity index (χ0v) is 18.6. The molecule has 33 heavy (non-hydrogen) atoms. The van der Waals surface area contributed by atoms with E-state index in [1.165, 1.54) is 0 Å². The highest BCUT2D eigenvalue weighted by molar-refractivity contribution is 5.96. The van der Waals surface area contributed by atoms with E-state index in [-0.39, 0.29) is 11.9 Å². The fourth-order valence-electron chi connectivity index (χ4n) is 4.56. The van der Waals surface area contributed by atoms with Crippen LogP contribution in [0.3, 0.4) is 0 Å². The molecule has 1 amide bonds. The average molecular weight is 442 g/mol. The van der Waals surface area contributed by atoms with Crippen molar-refractivity contribution in [3.05, 3.63) is 77.7 Å². The molecule has 0 aliphatic heterocycles. The second kappa shape index (κ2) is 9.11. The molecule has 1 aliphatic carbocycles. The standard InChI is InChI=1S/C26H27N5O2/c1-31-24(12-13-28-31)21-11-10-17(16-27-21)14-18-15-23(29-20-7-3-2-6-19(18)20)26(33)30-22-8-4-5-9-25(22)32/h2-3,6-7,10-13,15-16,22,25,32H,4-5,8-9,14H2,1H3,(H,30,33). The van der Waals surface area contributed by atoms with Gasteiger partial charge >= 0.3 is 0 Å². The maximum absolute atomic E-state index is 13.0. The van der Waals surface area contributed by atoms with Gasteiger partial charge in [-0.25, -0.2) is 4.98 Å². The number of fused-ring (bicyclic) bond motifs is 1. The number of carbonyl (C=O) groups excluding carboxylic acids is 1. The van der Waals surface area contributed by atoms with Crippen LogP contribution in [-0.4, -0.2) is 42.9 Å².